The van der Waals surface area contributed by atoms with Crippen molar-refractivity contribution in [3.05, 3.63) is 65.0 Å². The molecule has 2 aromatic carbocycles. The smallest absolute Gasteiger partial charge is 0.338 e. The number of benzene rings is 2. The average molecular weight is 488 g/mol. The Morgan fingerprint density at radius 2 is 1.73 bits per heavy atom. The number of hydrogen-bond donors (Lipinski definition) is 0. The van der Waals surface area contributed by atoms with Crippen molar-refractivity contribution in [2.45, 2.75) is 31.3 Å². The highest BCUT2D eigenvalue weighted by atomic mass is 32.2. The summed E-state index contributed by atoms with van der Waals surface area (Å²) in [5.41, 5.74) is 1.28. The molecule has 0 atom stereocenters. The number of ether oxygens (including phenoxy) is 2. The predicted octanol–water partition coefficient (Wildman–Crippen LogP) is 4.22. The standard InChI is InChI=1S/C24H25NO6S2/c1-2-30-23(26)17-7-9-20(10-8-17)33(28,29)25-13-11-18(12-14-25)24(27)31-15-19-16-32-22-6-4-3-5-21(19)22/h3-10,16,18H,2,11-15H2,1H3. The quantitative estimate of drug-likeness (QED) is 0.464. The summed E-state index contributed by atoms with van der Waals surface area (Å²) in [6.07, 6.45) is 0.812. The summed E-state index contributed by atoms with van der Waals surface area (Å²) in [6, 6.07) is 13.7. The van der Waals surface area contributed by atoms with Gasteiger partial charge in [0, 0.05) is 23.4 Å². The molecule has 4 rings (SSSR count). The van der Waals surface area contributed by atoms with Crippen molar-refractivity contribution in [1.82, 2.24) is 4.31 Å². The molecule has 174 valence electrons. The monoisotopic (exact) mass is 487 g/mol. The number of thiophene rings is 1. The van der Waals surface area contributed by atoms with Crippen LogP contribution >= 0.6 is 11.3 Å². The third-order valence-corrected chi connectivity index (χ3v) is 8.65. The molecule has 1 aliphatic rings. The van der Waals surface area contributed by atoms with E-state index in [9.17, 15) is 18.0 Å². The molecule has 0 unspecified atom stereocenters. The Morgan fingerprint density at radius 1 is 1.03 bits per heavy atom. The average Bonchev–Trinajstić information content (AvgIpc) is 3.26. The maximum atomic E-state index is 13.0. The molecule has 0 amide bonds. The van der Waals surface area contributed by atoms with Crippen molar-refractivity contribution in [1.29, 1.82) is 0 Å². The first kappa shape index (κ1) is 23.4. The highest BCUT2D eigenvalue weighted by molar-refractivity contribution is 7.89. The van der Waals surface area contributed by atoms with Gasteiger partial charge in [-0.2, -0.15) is 4.31 Å². The third-order valence-electron chi connectivity index (χ3n) is 5.72. The number of sulfonamides is 1. The van der Waals surface area contributed by atoms with Crippen LogP contribution < -0.4 is 0 Å². The van der Waals surface area contributed by atoms with E-state index in [-0.39, 0.29) is 43.1 Å². The van der Waals surface area contributed by atoms with Crippen molar-refractivity contribution in [3.63, 3.8) is 0 Å². The van der Waals surface area contributed by atoms with Crippen LogP contribution in [0.3, 0.4) is 0 Å². The fourth-order valence-corrected chi connectivity index (χ4v) is 6.29. The van der Waals surface area contributed by atoms with Crippen molar-refractivity contribution in [2.75, 3.05) is 19.7 Å². The Hall–Kier alpha value is -2.75. The van der Waals surface area contributed by atoms with Crippen LogP contribution in [0.5, 0.6) is 0 Å². The molecule has 9 heteroatoms. The lowest BCUT2D eigenvalue weighted by molar-refractivity contribution is -0.151. The van der Waals surface area contributed by atoms with Gasteiger partial charge < -0.3 is 9.47 Å². The van der Waals surface area contributed by atoms with Gasteiger partial charge in [-0.25, -0.2) is 13.2 Å². The predicted molar refractivity (Wildman–Crippen MR) is 126 cm³/mol. The van der Waals surface area contributed by atoms with E-state index < -0.39 is 16.0 Å². The van der Waals surface area contributed by atoms with Gasteiger partial charge in [0.15, 0.2) is 0 Å². The molecule has 33 heavy (non-hydrogen) atoms. The summed E-state index contributed by atoms with van der Waals surface area (Å²) in [5.74, 6) is -1.11. The minimum atomic E-state index is -3.71. The van der Waals surface area contributed by atoms with Crippen LogP contribution in [0, 0.1) is 5.92 Å². The first-order chi connectivity index (χ1) is 15.9. The number of rotatable bonds is 7. The van der Waals surface area contributed by atoms with Crippen LogP contribution in [0.4, 0.5) is 0 Å². The topological polar surface area (TPSA) is 90.0 Å². The van der Waals surface area contributed by atoms with E-state index in [1.165, 1.54) is 28.6 Å². The van der Waals surface area contributed by atoms with Crippen LogP contribution in [0.25, 0.3) is 10.1 Å². The maximum absolute atomic E-state index is 13.0. The summed E-state index contributed by atoms with van der Waals surface area (Å²) in [7, 11) is -3.71. The zero-order valence-electron chi connectivity index (χ0n) is 18.2. The Labute approximate surface area is 197 Å². The lowest BCUT2D eigenvalue weighted by Crippen LogP contribution is -2.40. The van der Waals surface area contributed by atoms with Gasteiger partial charge in [-0.05, 0) is 60.9 Å². The fraction of sp³-hybridized carbons (Fsp3) is 0.333. The molecule has 0 radical (unpaired) electrons. The Balaban J connectivity index is 1.33. The first-order valence-corrected chi connectivity index (χ1v) is 13.1. The van der Waals surface area contributed by atoms with E-state index in [2.05, 4.69) is 0 Å². The summed E-state index contributed by atoms with van der Waals surface area (Å²) in [5, 5.41) is 3.09. The highest BCUT2D eigenvalue weighted by Crippen LogP contribution is 2.28. The van der Waals surface area contributed by atoms with Gasteiger partial charge in [-0.3, -0.25) is 4.79 Å². The first-order valence-electron chi connectivity index (χ1n) is 10.8. The number of esters is 2. The number of carbonyl (C=O) groups is 2. The molecule has 2 heterocycles. The van der Waals surface area contributed by atoms with E-state index >= 15 is 0 Å². The highest BCUT2D eigenvalue weighted by Gasteiger charge is 2.33. The Morgan fingerprint density at radius 3 is 2.42 bits per heavy atom. The molecule has 0 spiro atoms. The number of nitrogens with zero attached hydrogens (tertiary/aromatic N) is 1. The molecule has 0 saturated carbocycles. The molecule has 7 nitrogen and oxygen atoms in total. The second-order valence-corrected chi connectivity index (χ2v) is 10.6. The minimum Gasteiger partial charge on any atom is -0.462 e. The zero-order chi connectivity index (χ0) is 23.4. The van der Waals surface area contributed by atoms with Gasteiger partial charge in [-0.15, -0.1) is 11.3 Å². The second kappa shape index (κ2) is 10.0. The number of carbonyl (C=O) groups excluding carboxylic acids is 2. The van der Waals surface area contributed by atoms with Gasteiger partial charge >= 0.3 is 11.9 Å². The fourth-order valence-electron chi connectivity index (χ4n) is 3.87. The van der Waals surface area contributed by atoms with Gasteiger partial charge in [-0.1, -0.05) is 18.2 Å². The Bertz CT molecular complexity index is 1240. The second-order valence-electron chi connectivity index (χ2n) is 7.79. The van der Waals surface area contributed by atoms with Crippen molar-refractivity contribution in [3.8, 4) is 0 Å². The van der Waals surface area contributed by atoms with Gasteiger partial charge in [0.2, 0.25) is 10.0 Å². The molecule has 0 aliphatic carbocycles. The van der Waals surface area contributed by atoms with Gasteiger partial charge in [0.05, 0.1) is 23.0 Å². The van der Waals surface area contributed by atoms with E-state index in [1.807, 2.05) is 29.6 Å². The van der Waals surface area contributed by atoms with Crippen LogP contribution in [-0.4, -0.2) is 44.4 Å². The summed E-state index contributed by atoms with van der Waals surface area (Å²) < 4.78 is 38.9. The van der Waals surface area contributed by atoms with E-state index in [4.69, 9.17) is 9.47 Å². The molecule has 1 aromatic heterocycles. The lowest BCUT2D eigenvalue weighted by Gasteiger charge is -2.30. The maximum Gasteiger partial charge on any atom is 0.338 e. The molecular weight excluding hydrogens is 462 g/mol. The molecule has 0 N–H and O–H groups in total. The van der Waals surface area contributed by atoms with Crippen LogP contribution in [0.1, 0.15) is 35.7 Å². The SMILES string of the molecule is CCOC(=O)c1ccc(S(=O)(=O)N2CCC(C(=O)OCc3csc4ccccc34)CC2)cc1. The van der Waals surface area contributed by atoms with Crippen molar-refractivity contribution >= 4 is 43.4 Å². The summed E-state index contributed by atoms with van der Waals surface area (Å²) in [4.78, 5) is 24.5. The largest absolute Gasteiger partial charge is 0.462 e. The normalized spacial score (nSPS) is 15.4. The number of fused-ring (bicyclic) bond motifs is 1. The molecule has 1 aliphatic heterocycles. The van der Waals surface area contributed by atoms with Gasteiger partial charge in [0.25, 0.3) is 0 Å². The van der Waals surface area contributed by atoms with E-state index in [0.29, 0.717) is 18.4 Å². The van der Waals surface area contributed by atoms with Crippen LogP contribution in [-0.2, 0) is 30.9 Å². The minimum absolute atomic E-state index is 0.112. The lowest BCUT2D eigenvalue weighted by atomic mass is 9.98. The Kier molecular flexibility index (Phi) is 7.11. The van der Waals surface area contributed by atoms with Gasteiger partial charge in [0.1, 0.15) is 6.61 Å². The summed E-state index contributed by atoms with van der Waals surface area (Å²) >= 11 is 1.62. The molecule has 1 saturated heterocycles. The van der Waals surface area contributed by atoms with Crippen molar-refractivity contribution in [2.24, 2.45) is 5.92 Å². The molecular formula is C24H25NO6S2. The van der Waals surface area contributed by atoms with E-state index in [0.717, 1.165) is 15.6 Å². The summed E-state index contributed by atoms with van der Waals surface area (Å²) in [6.45, 7) is 2.65. The number of hydrogen-bond acceptors (Lipinski definition) is 7. The zero-order valence-corrected chi connectivity index (χ0v) is 19.9. The molecule has 0 bridgehead atoms. The van der Waals surface area contributed by atoms with E-state index in [1.54, 1.807) is 18.3 Å². The number of piperidine rings is 1. The molecule has 3 aromatic rings. The van der Waals surface area contributed by atoms with Crippen molar-refractivity contribution < 1.29 is 27.5 Å². The molecule has 1 fully saturated rings. The van der Waals surface area contributed by atoms with Crippen LogP contribution in [0.2, 0.25) is 0 Å². The van der Waals surface area contributed by atoms with Crippen LogP contribution in [0.15, 0.2) is 58.8 Å². The third kappa shape index (κ3) is 5.10.